The third-order valence-corrected chi connectivity index (χ3v) is 7.05. The predicted octanol–water partition coefficient (Wildman–Crippen LogP) is 4.19. The second-order valence-corrected chi connectivity index (χ2v) is 9.10. The monoisotopic (exact) mass is 440 g/mol. The number of hydrogen-bond donors (Lipinski definition) is 3. The summed E-state index contributed by atoms with van der Waals surface area (Å²) in [5.41, 5.74) is 10.4. The predicted molar refractivity (Wildman–Crippen MR) is 125 cm³/mol. The van der Waals surface area contributed by atoms with E-state index in [4.69, 9.17) is 5.73 Å². The summed E-state index contributed by atoms with van der Waals surface area (Å²) in [5, 5.41) is 6.40. The molecule has 0 saturated heterocycles. The molecule has 0 aliphatic rings. The Balaban J connectivity index is 1.82. The van der Waals surface area contributed by atoms with E-state index >= 15 is 0 Å². The van der Waals surface area contributed by atoms with Crippen molar-refractivity contribution in [2.45, 2.75) is 32.6 Å². The summed E-state index contributed by atoms with van der Waals surface area (Å²) in [7, 11) is -3.50. The maximum Gasteiger partial charge on any atom is 0.243 e. The summed E-state index contributed by atoms with van der Waals surface area (Å²) >= 11 is 0. The van der Waals surface area contributed by atoms with Crippen LogP contribution in [0.25, 0.3) is 0 Å². The van der Waals surface area contributed by atoms with E-state index in [1.54, 1.807) is 24.3 Å². The maximum atomic E-state index is 12.6. The molecule has 0 radical (unpaired) electrons. The summed E-state index contributed by atoms with van der Waals surface area (Å²) in [4.78, 5) is 8.73. The first-order valence-electron chi connectivity index (χ1n) is 10.1. The largest absolute Gasteiger partial charge is 0.393 e. The van der Waals surface area contributed by atoms with Crippen molar-refractivity contribution in [3.63, 3.8) is 0 Å². The fraction of sp³-hybridized carbons (Fsp3) is 0.273. The molecule has 2 aromatic carbocycles. The number of nitrogens with one attached hydrogen (secondary N) is 2. The molecule has 0 aliphatic heterocycles. The second kappa shape index (κ2) is 9.32. The number of anilines is 5. The van der Waals surface area contributed by atoms with E-state index in [1.165, 1.54) is 10.6 Å². The first-order chi connectivity index (χ1) is 14.8. The molecule has 0 fully saturated rings. The molecule has 9 heteroatoms. The Bertz CT molecular complexity index is 1160. The van der Waals surface area contributed by atoms with Gasteiger partial charge in [-0.3, -0.25) is 0 Å². The van der Waals surface area contributed by atoms with Crippen LogP contribution in [0.15, 0.2) is 53.7 Å². The molecule has 0 spiro atoms. The number of benzene rings is 2. The highest BCUT2D eigenvalue weighted by Gasteiger charge is 2.21. The Morgan fingerprint density at radius 2 is 1.55 bits per heavy atom. The Kier molecular flexibility index (Phi) is 6.77. The van der Waals surface area contributed by atoms with E-state index in [1.807, 2.05) is 45.9 Å². The molecule has 164 valence electrons. The number of nitrogens with two attached hydrogens (primary N) is 1. The zero-order valence-corrected chi connectivity index (χ0v) is 19.0. The number of nitrogen functional groups attached to an aromatic ring is 1. The lowest BCUT2D eigenvalue weighted by Crippen LogP contribution is -2.30. The van der Waals surface area contributed by atoms with Crippen LogP contribution in [0.2, 0.25) is 0 Å². The lowest BCUT2D eigenvalue weighted by molar-refractivity contribution is 0.445. The highest BCUT2D eigenvalue weighted by atomic mass is 32.2. The third-order valence-electron chi connectivity index (χ3n) is 4.99. The first kappa shape index (κ1) is 22.5. The third kappa shape index (κ3) is 4.95. The van der Waals surface area contributed by atoms with Crippen LogP contribution in [-0.2, 0) is 10.0 Å². The first-order valence-corrected chi connectivity index (χ1v) is 11.5. The van der Waals surface area contributed by atoms with Crippen molar-refractivity contribution >= 4 is 38.7 Å². The number of aromatic nitrogens is 2. The summed E-state index contributed by atoms with van der Waals surface area (Å²) in [6, 6.07) is 12.6. The Labute approximate surface area is 183 Å². The van der Waals surface area contributed by atoms with Gasteiger partial charge in [0, 0.05) is 24.5 Å². The number of rotatable bonds is 8. The minimum atomic E-state index is -3.50. The molecular weight excluding hydrogens is 412 g/mol. The average Bonchev–Trinajstić information content (AvgIpc) is 2.74. The zero-order valence-electron chi connectivity index (χ0n) is 18.2. The summed E-state index contributed by atoms with van der Waals surface area (Å²) in [6.07, 6.45) is 1.42. The Hall–Kier alpha value is -3.17. The van der Waals surface area contributed by atoms with Crippen LogP contribution >= 0.6 is 0 Å². The minimum absolute atomic E-state index is 0.245. The van der Waals surface area contributed by atoms with Gasteiger partial charge in [0.15, 0.2) is 11.6 Å². The molecule has 3 aromatic rings. The number of nitrogens with zero attached hydrogens (tertiary/aromatic N) is 3. The fourth-order valence-electron chi connectivity index (χ4n) is 3.15. The van der Waals surface area contributed by atoms with Crippen molar-refractivity contribution in [3.05, 3.63) is 59.9 Å². The van der Waals surface area contributed by atoms with Gasteiger partial charge in [0.25, 0.3) is 0 Å². The normalized spacial score (nSPS) is 11.5. The van der Waals surface area contributed by atoms with Gasteiger partial charge in [-0.15, -0.1) is 0 Å². The van der Waals surface area contributed by atoms with Gasteiger partial charge in [-0.2, -0.15) is 4.31 Å². The van der Waals surface area contributed by atoms with Gasteiger partial charge in [-0.05, 0) is 55.3 Å². The molecule has 3 rings (SSSR count). The molecule has 0 atom stereocenters. The van der Waals surface area contributed by atoms with Crippen molar-refractivity contribution in [3.8, 4) is 0 Å². The van der Waals surface area contributed by atoms with Gasteiger partial charge in [-0.25, -0.2) is 18.4 Å². The van der Waals surface area contributed by atoms with Crippen molar-refractivity contribution in [1.82, 2.24) is 14.3 Å². The van der Waals surface area contributed by atoms with Gasteiger partial charge >= 0.3 is 0 Å². The van der Waals surface area contributed by atoms with Gasteiger partial charge in [0.05, 0.1) is 4.90 Å². The van der Waals surface area contributed by atoms with Crippen molar-refractivity contribution in [2.75, 3.05) is 29.5 Å². The number of sulfonamides is 1. The van der Waals surface area contributed by atoms with Crippen molar-refractivity contribution in [1.29, 1.82) is 0 Å². The molecule has 8 nitrogen and oxygen atoms in total. The van der Waals surface area contributed by atoms with Crippen LogP contribution in [0, 0.1) is 13.8 Å². The maximum absolute atomic E-state index is 12.6. The summed E-state index contributed by atoms with van der Waals surface area (Å²) in [6.45, 7) is 8.51. The standard InChI is InChI=1S/C22H28N6O2S/c1-5-28(6-2)31(29,30)18-11-9-17(10-12-18)26-21-20(23)22(25-14-24-21)27-19-13-15(3)7-8-16(19)4/h7-14H,5-6,23H2,1-4H3,(H2,24,25,26,27). The highest BCUT2D eigenvalue weighted by Crippen LogP contribution is 2.30. The van der Waals surface area contributed by atoms with Crippen molar-refractivity contribution in [2.24, 2.45) is 0 Å². The van der Waals surface area contributed by atoms with E-state index < -0.39 is 10.0 Å². The molecule has 1 heterocycles. The van der Waals surface area contributed by atoms with Crippen LogP contribution in [0.1, 0.15) is 25.0 Å². The fourth-order valence-corrected chi connectivity index (χ4v) is 4.61. The lowest BCUT2D eigenvalue weighted by atomic mass is 10.1. The molecule has 4 N–H and O–H groups in total. The molecule has 1 aromatic heterocycles. The minimum Gasteiger partial charge on any atom is -0.393 e. The molecular formula is C22H28N6O2S. The topological polar surface area (TPSA) is 113 Å². The molecule has 0 saturated carbocycles. The van der Waals surface area contributed by atoms with Gasteiger partial charge in [-0.1, -0.05) is 26.0 Å². The van der Waals surface area contributed by atoms with Crippen molar-refractivity contribution < 1.29 is 8.42 Å². The van der Waals surface area contributed by atoms with Crippen LogP contribution in [-0.4, -0.2) is 35.8 Å². The van der Waals surface area contributed by atoms with E-state index in [9.17, 15) is 8.42 Å². The zero-order chi connectivity index (χ0) is 22.6. The number of aryl methyl sites for hydroxylation is 2. The lowest BCUT2D eigenvalue weighted by Gasteiger charge is -2.18. The van der Waals surface area contributed by atoms with Crippen LogP contribution < -0.4 is 16.4 Å². The molecule has 0 bridgehead atoms. The van der Waals surface area contributed by atoms with Gasteiger partial charge < -0.3 is 16.4 Å². The smallest absolute Gasteiger partial charge is 0.243 e. The van der Waals surface area contributed by atoms with Gasteiger partial charge in [0.2, 0.25) is 10.0 Å². The quantitative estimate of drug-likeness (QED) is 0.481. The van der Waals surface area contributed by atoms with E-state index in [2.05, 4.69) is 20.6 Å². The Morgan fingerprint density at radius 3 is 2.16 bits per heavy atom. The average molecular weight is 441 g/mol. The second-order valence-electron chi connectivity index (χ2n) is 7.17. The Morgan fingerprint density at radius 1 is 0.935 bits per heavy atom. The summed E-state index contributed by atoms with van der Waals surface area (Å²) < 4.78 is 26.7. The highest BCUT2D eigenvalue weighted by molar-refractivity contribution is 7.89. The molecule has 0 unspecified atom stereocenters. The van der Waals surface area contributed by atoms with E-state index in [0.717, 1.165) is 16.8 Å². The molecule has 31 heavy (non-hydrogen) atoms. The van der Waals surface area contributed by atoms with E-state index in [-0.39, 0.29) is 4.90 Å². The summed E-state index contributed by atoms with van der Waals surface area (Å²) in [5.74, 6) is 0.925. The van der Waals surface area contributed by atoms with Crippen LogP contribution in [0.4, 0.5) is 28.7 Å². The van der Waals surface area contributed by atoms with E-state index in [0.29, 0.717) is 36.1 Å². The molecule has 0 aliphatic carbocycles. The van der Waals surface area contributed by atoms with Crippen LogP contribution in [0.5, 0.6) is 0 Å². The van der Waals surface area contributed by atoms with Gasteiger partial charge in [0.1, 0.15) is 12.0 Å². The number of hydrogen-bond acceptors (Lipinski definition) is 7. The SMILES string of the molecule is CCN(CC)S(=O)(=O)c1ccc(Nc2ncnc(Nc3cc(C)ccc3C)c2N)cc1. The van der Waals surface area contributed by atoms with Crippen LogP contribution in [0.3, 0.4) is 0 Å². The molecule has 0 amide bonds.